The van der Waals surface area contributed by atoms with Crippen molar-refractivity contribution in [1.29, 1.82) is 0 Å². The van der Waals surface area contributed by atoms with Gasteiger partial charge >= 0.3 is 0 Å². The molecule has 41 heavy (non-hydrogen) atoms. The van der Waals surface area contributed by atoms with Crippen LogP contribution in [0.3, 0.4) is 0 Å². The number of nitrogens with zero attached hydrogens (tertiary/aromatic N) is 1. The van der Waals surface area contributed by atoms with Gasteiger partial charge in [0.2, 0.25) is 11.8 Å². The van der Waals surface area contributed by atoms with Crippen LogP contribution in [0, 0.1) is 0 Å². The van der Waals surface area contributed by atoms with Gasteiger partial charge in [-0.05, 0) is 55.2 Å². The maximum atomic E-state index is 13.9. The number of methoxy groups -OCH3 is 2. The number of fused-ring (bicyclic) bond motifs is 3. The average molecular weight is 574 g/mol. The minimum atomic E-state index is -0.810. The van der Waals surface area contributed by atoms with Gasteiger partial charge in [-0.1, -0.05) is 54.6 Å². The fourth-order valence-electron chi connectivity index (χ4n) is 5.60. The number of nitrogens with one attached hydrogen (secondary N) is 2. The summed E-state index contributed by atoms with van der Waals surface area (Å²) in [5, 5.41) is 5.77. The van der Waals surface area contributed by atoms with Crippen molar-refractivity contribution in [1.82, 2.24) is 15.5 Å². The molecule has 0 saturated carbocycles. The van der Waals surface area contributed by atoms with E-state index in [1.807, 2.05) is 86.6 Å². The quantitative estimate of drug-likeness (QED) is 0.379. The first-order valence-electron chi connectivity index (χ1n) is 13.7. The van der Waals surface area contributed by atoms with Crippen molar-refractivity contribution in [3.05, 3.63) is 95.1 Å². The van der Waals surface area contributed by atoms with Crippen LogP contribution in [0.15, 0.2) is 72.8 Å². The number of hydrogen-bond donors (Lipinski definition) is 2. The molecular formula is C32H35N3O5S. The predicted octanol–water partition coefficient (Wildman–Crippen LogP) is 4.14. The average Bonchev–Trinajstić information content (AvgIpc) is 3.41. The summed E-state index contributed by atoms with van der Waals surface area (Å²) in [6, 6.07) is 21.2. The number of thioether (sulfide) groups is 1. The number of hydrogen-bond acceptors (Lipinski definition) is 6. The Labute approximate surface area is 244 Å². The summed E-state index contributed by atoms with van der Waals surface area (Å²) in [5.74, 6) is 0.504. The molecule has 3 atom stereocenters. The summed E-state index contributed by atoms with van der Waals surface area (Å²) < 4.78 is 10.2. The smallest absolute Gasteiger partial charge is 0.256 e. The lowest BCUT2D eigenvalue weighted by atomic mass is 9.99. The van der Waals surface area contributed by atoms with Gasteiger partial charge in [0.05, 0.1) is 14.2 Å². The van der Waals surface area contributed by atoms with Crippen LogP contribution in [-0.2, 0) is 22.4 Å². The van der Waals surface area contributed by atoms with Crippen LogP contribution in [0.5, 0.6) is 11.5 Å². The van der Waals surface area contributed by atoms with E-state index >= 15 is 0 Å². The molecule has 1 saturated heterocycles. The van der Waals surface area contributed by atoms with Crippen molar-refractivity contribution in [2.24, 2.45) is 0 Å². The molecular weight excluding hydrogens is 538 g/mol. The fourth-order valence-corrected chi connectivity index (χ4v) is 7.19. The van der Waals surface area contributed by atoms with Gasteiger partial charge in [-0.2, -0.15) is 0 Å². The highest BCUT2D eigenvalue weighted by Gasteiger charge is 2.57. The van der Waals surface area contributed by atoms with Crippen molar-refractivity contribution in [3.63, 3.8) is 0 Å². The Morgan fingerprint density at radius 1 is 0.951 bits per heavy atom. The van der Waals surface area contributed by atoms with E-state index in [4.69, 9.17) is 9.47 Å². The van der Waals surface area contributed by atoms with E-state index in [1.54, 1.807) is 30.9 Å². The fraction of sp³-hybridized carbons (Fsp3) is 0.344. The van der Waals surface area contributed by atoms with Gasteiger partial charge in [-0.3, -0.25) is 14.4 Å². The van der Waals surface area contributed by atoms with Crippen LogP contribution in [0.2, 0.25) is 0 Å². The van der Waals surface area contributed by atoms with Gasteiger partial charge in [-0.25, -0.2) is 0 Å². The Kier molecular flexibility index (Phi) is 8.26. The van der Waals surface area contributed by atoms with Crippen molar-refractivity contribution in [2.45, 2.75) is 48.9 Å². The number of benzene rings is 3. The zero-order valence-electron chi connectivity index (χ0n) is 23.7. The number of amides is 3. The standard InChI is InChI=1S/C32H35N3O5S/c1-32(2)27(35-30(38)22-12-8-9-13-23(22)31(35)41-32)29(37)34-24(18-20-10-6-5-7-11-20)28(36)33-17-16-21-14-15-25(39-3)26(19-21)40-4/h5-15,19,24,27,31H,16-18H2,1-4H3,(H,33,36)(H,34,37). The predicted molar refractivity (Wildman–Crippen MR) is 159 cm³/mol. The first kappa shape index (κ1) is 28.5. The van der Waals surface area contributed by atoms with Crippen LogP contribution < -0.4 is 20.1 Å². The Morgan fingerprint density at radius 2 is 1.66 bits per heavy atom. The molecule has 9 heteroatoms. The second-order valence-electron chi connectivity index (χ2n) is 10.8. The molecule has 3 unspecified atom stereocenters. The number of carbonyl (C=O) groups excluding carboxylic acids is 3. The zero-order valence-corrected chi connectivity index (χ0v) is 24.5. The summed E-state index contributed by atoms with van der Waals surface area (Å²) in [4.78, 5) is 42.5. The third-order valence-electron chi connectivity index (χ3n) is 7.62. The molecule has 1 fully saturated rings. The number of carbonyl (C=O) groups is 3. The lowest BCUT2D eigenvalue weighted by molar-refractivity contribution is -0.131. The molecule has 214 valence electrons. The SMILES string of the molecule is COc1ccc(CCNC(=O)C(Cc2ccccc2)NC(=O)C2N3C(=O)c4ccccc4C3SC2(C)C)cc1OC. The molecule has 0 aliphatic carbocycles. The van der Waals surface area contributed by atoms with E-state index in [-0.39, 0.29) is 23.1 Å². The molecule has 3 amide bonds. The molecule has 3 aromatic carbocycles. The molecule has 2 N–H and O–H groups in total. The summed E-state index contributed by atoms with van der Waals surface area (Å²) in [5.41, 5.74) is 3.47. The molecule has 0 bridgehead atoms. The van der Waals surface area contributed by atoms with Gasteiger partial charge in [0.1, 0.15) is 17.5 Å². The number of ether oxygens (including phenoxy) is 2. The van der Waals surface area contributed by atoms with Crippen molar-refractivity contribution >= 4 is 29.5 Å². The number of rotatable bonds is 10. The van der Waals surface area contributed by atoms with E-state index in [2.05, 4.69) is 10.6 Å². The summed E-state index contributed by atoms with van der Waals surface area (Å²) >= 11 is 1.60. The van der Waals surface area contributed by atoms with E-state index in [0.29, 0.717) is 36.4 Å². The van der Waals surface area contributed by atoms with Crippen LogP contribution >= 0.6 is 11.8 Å². The maximum absolute atomic E-state index is 13.9. The van der Waals surface area contributed by atoms with Gasteiger partial charge < -0.3 is 25.0 Å². The molecule has 3 aromatic rings. The summed E-state index contributed by atoms with van der Waals surface area (Å²) in [7, 11) is 3.17. The van der Waals surface area contributed by atoms with Gasteiger partial charge in [0.15, 0.2) is 11.5 Å². The zero-order chi connectivity index (χ0) is 29.1. The molecule has 2 heterocycles. The van der Waals surface area contributed by atoms with Crippen LogP contribution in [0.25, 0.3) is 0 Å². The van der Waals surface area contributed by atoms with Crippen molar-refractivity contribution in [2.75, 3.05) is 20.8 Å². The third kappa shape index (κ3) is 5.77. The second-order valence-corrected chi connectivity index (χ2v) is 12.5. The van der Waals surface area contributed by atoms with E-state index in [9.17, 15) is 14.4 Å². The molecule has 5 rings (SSSR count). The lowest BCUT2D eigenvalue weighted by Gasteiger charge is -2.31. The van der Waals surface area contributed by atoms with Gasteiger partial charge in [-0.15, -0.1) is 11.8 Å². The molecule has 2 aliphatic heterocycles. The minimum Gasteiger partial charge on any atom is -0.493 e. The Morgan fingerprint density at radius 3 is 2.39 bits per heavy atom. The molecule has 8 nitrogen and oxygen atoms in total. The first-order chi connectivity index (χ1) is 19.7. The van der Waals surface area contributed by atoms with Crippen LogP contribution in [0.1, 0.15) is 46.3 Å². The van der Waals surface area contributed by atoms with Crippen molar-refractivity contribution in [3.8, 4) is 11.5 Å². The monoisotopic (exact) mass is 573 g/mol. The third-order valence-corrected chi connectivity index (χ3v) is 9.16. The topological polar surface area (TPSA) is 97.0 Å². The van der Waals surface area contributed by atoms with E-state index in [1.165, 1.54) is 0 Å². The van der Waals surface area contributed by atoms with E-state index < -0.39 is 16.8 Å². The largest absolute Gasteiger partial charge is 0.493 e. The lowest BCUT2D eigenvalue weighted by Crippen LogP contribution is -2.57. The highest BCUT2D eigenvalue weighted by Crippen LogP contribution is 2.56. The molecule has 0 aromatic heterocycles. The van der Waals surface area contributed by atoms with Crippen LogP contribution in [-0.4, -0.2) is 60.2 Å². The first-order valence-corrected chi connectivity index (χ1v) is 14.5. The Hall–Kier alpha value is -3.98. The minimum absolute atomic E-state index is 0.150. The normalized spacial score (nSPS) is 19.2. The Balaban J connectivity index is 1.31. The van der Waals surface area contributed by atoms with Gasteiger partial charge in [0.25, 0.3) is 5.91 Å². The van der Waals surface area contributed by atoms with Gasteiger partial charge in [0, 0.05) is 23.3 Å². The Bertz CT molecular complexity index is 1440. The van der Waals surface area contributed by atoms with Crippen LogP contribution in [0.4, 0.5) is 0 Å². The molecule has 0 radical (unpaired) electrons. The second kappa shape index (κ2) is 11.9. The highest BCUT2D eigenvalue weighted by molar-refractivity contribution is 8.01. The molecule has 2 aliphatic rings. The summed E-state index contributed by atoms with van der Waals surface area (Å²) in [6.45, 7) is 4.33. The highest BCUT2D eigenvalue weighted by atomic mass is 32.2. The summed E-state index contributed by atoms with van der Waals surface area (Å²) in [6.07, 6.45) is 0.902. The van der Waals surface area contributed by atoms with Crippen molar-refractivity contribution < 1.29 is 23.9 Å². The maximum Gasteiger partial charge on any atom is 0.256 e. The van der Waals surface area contributed by atoms with E-state index in [0.717, 1.165) is 16.7 Å². The molecule has 0 spiro atoms.